The number of methoxy groups -OCH3 is 4. The summed E-state index contributed by atoms with van der Waals surface area (Å²) in [5.41, 5.74) is -3.55. The van der Waals surface area contributed by atoms with Crippen molar-refractivity contribution in [1.82, 2.24) is 4.90 Å². The number of carbonyl (C=O) groups excluding carboxylic acids is 6. The molecule has 10 unspecified atom stereocenters. The van der Waals surface area contributed by atoms with Gasteiger partial charge in [0.2, 0.25) is 46.5 Å². The first-order valence-corrected chi connectivity index (χ1v) is 29.4. The van der Waals surface area contributed by atoms with E-state index in [1.54, 1.807) is 48.5 Å². The Kier molecular flexibility index (Phi) is 8.89. The second kappa shape index (κ2) is 14.9. The van der Waals surface area contributed by atoms with Crippen LogP contribution >= 0.6 is 46.4 Å². The van der Waals surface area contributed by atoms with Gasteiger partial charge in [-0.25, -0.2) is 0 Å². The van der Waals surface area contributed by atoms with Crippen LogP contribution in [-0.4, -0.2) is 171 Å². The summed E-state index contributed by atoms with van der Waals surface area (Å²) in [4.78, 5) is 106. The van der Waals surface area contributed by atoms with E-state index >= 15 is 9.59 Å². The lowest BCUT2D eigenvalue weighted by atomic mass is 9.41. The van der Waals surface area contributed by atoms with Gasteiger partial charge in [-0.3, -0.25) is 53.6 Å². The van der Waals surface area contributed by atoms with Crippen molar-refractivity contribution in [2.45, 2.75) is 86.2 Å². The minimum atomic E-state index is -2.05. The van der Waals surface area contributed by atoms with Gasteiger partial charge < -0.3 is 28.4 Å². The predicted molar refractivity (Wildman–Crippen MR) is 305 cm³/mol. The molecule has 19 rings (SSSR count). The summed E-state index contributed by atoms with van der Waals surface area (Å²) >= 11 is 33.9. The number of hydrogen-bond acceptors (Lipinski definition) is 16. The smallest absolute Gasteiger partial charge is 0.242 e. The molecule has 7 aliphatic heterocycles. The molecule has 0 aromatic heterocycles. The van der Waals surface area contributed by atoms with Crippen LogP contribution in [0.25, 0.3) is 32.3 Å². The van der Waals surface area contributed by atoms with Crippen LogP contribution in [0.5, 0.6) is 0 Å². The van der Waals surface area contributed by atoms with Crippen molar-refractivity contribution in [3.8, 4) is 0 Å². The first-order valence-electron chi connectivity index (χ1n) is 27.9. The Hall–Kier alpha value is -6.22. The zero-order chi connectivity index (χ0) is 57.4. The summed E-state index contributed by atoms with van der Waals surface area (Å²) in [6.45, 7) is -0.177. The summed E-state index contributed by atoms with van der Waals surface area (Å²) in [6.07, 6.45) is -5.44. The van der Waals surface area contributed by atoms with Gasteiger partial charge in [0.25, 0.3) is 0 Å². The number of likely N-dealkylation sites (tertiary alicyclic amines) is 1. The van der Waals surface area contributed by atoms with Crippen LogP contribution in [0.15, 0.2) is 123 Å². The van der Waals surface area contributed by atoms with Gasteiger partial charge in [0.15, 0.2) is 0 Å². The number of alkyl halides is 4. The van der Waals surface area contributed by atoms with Crippen LogP contribution in [0, 0.1) is 34.5 Å². The number of carbonyl (C=O) groups is 6. The number of rotatable bonds is 6. The third-order valence-corrected chi connectivity index (χ3v) is 25.8. The highest BCUT2D eigenvalue weighted by molar-refractivity contribution is 6.88. The topological polar surface area (TPSA) is 210 Å². The molecule has 2 amide bonds. The number of nitrogens with zero attached hydrogens (tertiary/aromatic N) is 5. The molecular formula is C63H43Cl4N5O12. The number of ether oxygens (including phenoxy) is 6. The quantitative estimate of drug-likeness (QED) is 0.0728. The predicted octanol–water partition coefficient (Wildman–Crippen LogP) is 6.82. The Labute approximate surface area is 495 Å². The van der Waals surface area contributed by atoms with Crippen molar-refractivity contribution in [1.29, 1.82) is 0 Å². The Bertz CT molecular complexity index is 4070. The van der Waals surface area contributed by atoms with Gasteiger partial charge in [0.1, 0.15) is 77.3 Å². The normalized spacial score (nSPS) is 42.6. The Morgan fingerprint density at radius 1 is 0.429 bits per heavy atom. The third kappa shape index (κ3) is 4.42. The van der Waals surface area contributed by atoms with E-state index in [2.05, 4.69) is 24.3 Å². The summed E-state index contributed by atoms with van der Waals surface area (Å²) in [6, 6.07) is 26.1. The monoisotopic (exact) mass is 1200 g/mol. The highest BCUT2D eigenvalue weighted by Crippen LogP contribution is 2.90. The number of imide groups is 1. The van der Waals surface area contributed by atoms with Crippen LogP contribution in [-0.2, 0) is 44.6 Å². The van der Waals surface area contributed by atoms with Gasteiger partial charge in [-0.15, -0.1) is 46.4 Å². The molecule has 0 spiro atoms. The van der Waals surface area contributed by atoms with E-state index in [1.165, 1.54) is 33.3 Å². The molecule has 7 heterocycles. The van der Waals surface area contributed by atoms with E-state index in [0.29, 0.717) is 5.56 Å². The molecule has 6 aromatic rings. The van der Waals surface area contributed by atoms with E-state index in [9.17, 15) is 19.2 Å². The van der Waals surface area contributed by atoms with Gasteiger partial charge in [0, 0.05) is 74.4 Å². The fraction of sp³-hybridized carbons (Fsp3) is 0.397. The minimum absolute atomic E-state index is 0.145. The number of fused-ring (bicyclic) bond motifs is 28. The number of ketones is 4. The molecule has 8 bridgehead atoms. The molecule has 9 fully saturated rings. The third-order valence-electron chi connectivity index (χ3n) is 22.9. The molecule has 84 heavy (non-hydrogen) atoms. The van der Waals surface area contributed by atoms with Crippen LogP contribution in [0.3, 0.4) is 0 Å². The summed E-state index contributed by atoms with van der Waals surface area (Å²) in [7, 11) is 5.56. The van der Waals surface area contributed by atoms with Gasteiger partial charge >= 0.3 is 0 Å². The molecule has 6 aromatic carbocycles. The second-order valence-corrected chi connectivity index (χ2v) is 27.3. The first kappa shape index (κ1) is 50.0. The number of hydrogen-bond donors (Lipinski definition) is 0. The molecular weight excluding hydrogens is 1160 g/mol. The first-order chi connectivity index (χ1) is 40.4. The maximum atomic E-state index is 17.1. The summed E-state index contributed by atoms with van der Waals surface area (Å²) in [5.74, 6) is -11.8. The van der Waals surface area contributed by atoms with Gasteiger partial charge in [0.05, 0.1) is 31.0 Å². The van der Waals surface area contributed by atoms with Crippen molar-refractivity contribution < 1.29 is 57.2 Å². The molecule has 17 nitrogen and oxygen atoms in total. The van der Waals surface area contributed by atoms with Gasteiger partial charge in [-0.2, -0.15) is 0 Å². The average Bonchev–Trinajstić information content (AvgIpc) is 1.41. The van der Waals surface area contributed by atoms with Crippen molar-refractivity contribution in [2.24, 2.45) is 54.5 Å². The van der Waals surface area contributed by atoms with Gasteiger partial charge in [-0.1, -0.05) is 103 Å². The Morgan fingerprint density at radius 2 is 0.750 bits per heavy atom. The van der Waals surface area contributed by atoms with E-state index < -0.39 is 149 Å². The van der Waals surface area contributed by atoms with Crippen LogP contribution < -0.4 is 0 Å². The second-order valence-electron chi connectivity index (χ2n) is 24.8. The molecule has 13 aliphatic rings. The largest absolute Gasteiger partial charge is 0.372 e. The zero-order valence-corrected chi connectivity index (χ0v) is 47.6. The van der Waals surface area contributed by atoms with Crippen molar-refractivity contribution in [3.05, 3.63) is 131 Å². The van der Waals surface area contributed by atoms with Crippen LogP contribution in [0.4, 0.5) is 0 Å². The Morgan fingerprint density at radius 3 is 1.10 bits per heavy atom. The number of aliphatic imine (C=N–C) groups is 4. The summed E-state index contributed by atoms with van der Waals surface area (Å²) < 4.78 is 41.1. The fourth-order valence-electron chi connectivity index (χ4n) is 20.6. The number of halogens is 4. The van der Waals surface area contributed by atoms with Crippen molar-refractivity contribution in [2.75, 3.05) is 28.4 Å². The maximum absolute atomic E-state index is 17.1. The van der Waals surface area contributed by atoms with Crippen LogP contribution in [0.1, 0.15) is 47.0 Å². The van der Waals surface area contributed by atoms with E-state index in [1.807, 2.05) is 30.3 Å². The van der Waals surface area contributed by atoms with Crippen LogP contribution in [0.2, 0.25) is 0 Å². The van der Waals surface area contributed by atoms with Crippen molar-refractivity contribution >= 4 is 137 Å². The molecule has 4 saturated carbocycles. The molecule has 5 saturated heterocycles. The van der Waals surface area contributed by atoms with Gasteiger partial charge in [-0.05, 0) is 37.9 Å². The standard InChI is InChI=1S/C63H43Cl4N5O12/c1-79-62(80-2)58(64)34-35(59(62,65)47-46(58)68-38-39(69-47)43(74)29-13-6-5-12-28(29)42(38)73)51-57-53-37-36(60(66)48-49(61(37,67)63(60,81-3)82-4)71-41-40(70-48)44(75)30-14-7-8-15-31(30)45(41)76)52(84-53)56(57,50(34)83-51)54(77)72(55(57)78)22-26-19-18-25-17-16-23-10-9-11-24-20-21-27(26)33(25)32(23)24/h5-21,34-37,46-53H,22H2,1-4H3/t34?,35?,36?,37?,46?,47?,48?,49?,50-,51+,52+,53-,56?,57?,58+,59-,60-,61+. The minimum Gasteiger partial charge on any atom is -0.372 e. The lowest BCUT2D eigenvalue weighted by molar-refractivity contribution is -0.236. The maximum Gasteiger partial charge on any atom is 0.242 e. The molecule has 420 valence electrons. The lowest BCUT2D eigenvalue weighted by Gasteiger charge is -2.57. The number of amides is 2. The SMILES string of the molecule is COC1(OC)[C@@]2(Cl)C3N=C4C(=O)c5ccccc5C(=O)C4=NC3[C@]1(Cl)C1C2[C@H]2O[C@@H]1C13C(=O)N(Cc4ccc5ccc6cccc7ccc4c5c67)C(=O)C21[C@H]1O[C@@H]3C2C1[C@@]1(Cl)C3N=C4C(=O)c5ccccc5C(=O)C4=NC3[C@]2(Cl)C1(OC)OC. The Balaban J connectivity index is 0.842. The average molecular weight is 1200 g/mol. The molecule has 18 atom stereocenters. The van der Waals surface area contributed by atoms with E-state index in [4.69, 9.17) is 94.8 Å². The zero-order valence-electron chi connectivity index (χ0n) is 44.6. The van der Waals surface area contributed by atoms with E-state index in [-0.39, 0.29) is 51.6 Å². The molecule has 0 radical (unpaired) electrons. The molecule has 6 aliphatic carbocycles. The number of benzene rings is 6. The molecule has 0 N–H and O–H groups in total. The highest BCUT2D eigenvalue weighted by atomic mass is 35.5. The highest BCUT2D eigenvalue weighted by Gasteiger charge is 3.07. The fourth-order valence-corrected chi connectivity index (χ4v) is 23.6. The molecule has 21 heteroatoms. The lowest BCUT2D eigenvalue weighted by Crippen LogP contribution is -2.74. The number of Topliss-reactive ketones (excluding diaryl/α,β-unsaturated/α-hetero) is 4. The summed E-state index contributed by atoms with van der Waals surface area (Å²) in [5, 5.41) is 5.92. The van der Waals surface area contributed by atoms with Crippen molar-refractivity contribution in [3.63, 3.8) is 0 Å². The van der Waals surface area contributed by atoms with E-state index in [0.717, 1.165) is 32.3 Å².